The zero-order chi connectivity index (χ0) is 26.2. The molecule has 37 heavy (non-hydrogen) atoms. The van der Waals surface area contributed by atoms with Crippen LogP contribution < -0.4 is 10.1 Å². The molecule has 7 nitrogen and oxygen atoms in total. The number of allylic oxidation sites excluding steroid dienone is 1. The molecule has 1 N–H and O–H groups in total. The zero-order valence-electron chi connectivity index (χ0n) is 21.8. The number of nitrogens with one attached hydrogen (secondary N) is 1. The first-order valence-corrected chi connectivity index (χ1v) is 14.9. The number of fused-ring (bicyclic) bond motifs is 1. The van der Waals surface area contributed by atoms with Crippen molar-refractivity contribution in [1.29, 1.82) is 0 Å². The number of carbonyl (C=O) groups excluding carboxylic acids is 2. The zero-order valence-corrected chi connectivity index (χ0v) is 25.8. The molecule has 0 aromatic heterocycles. The summed E-state index contributed by atoms with van der Waals surface area (Å²) >= 11 is 0.332. The van der Waals surface area contributed by atoms with Crippen LogP contribution in [0.1, 0.15) is 35.3 Å². The number of dihydropyridines is 1. The summed E-state index contributed by atoms with van der Waals surface area (Å²) in [4.78, 5) is 35.0. The van der Waals surface area contributed by atoms with Gasteiger partial charge in [0.1, 0.15) is 0 Å². The quantitative estimate of drug-likeness (QED) is 0.538. The third-order valence-electron chi connectivity index (χ3n) is 7.76. The predicted molar refractivity (Wildman–Crippen MR) is 143 cm³/mol. The first kappa shape index (κ1) is 25.8. The Hall–Kier alpha value is -2.82. The first-order valence-electron chi connectivity index (χ1n) is 12.8. The monoisotopic (exact) mass is 598 g/mol. The maximum absolute atomic E-state index is 13.8. The number of piperazine rings is 1. The summed E-state index contributed by atoms with van der Waals surface area (Å²) in [7, 11) is 1.69. The summed E-state index contributed by atoms with van der Waals surface area (Å²) in [5.74, 6) is 1.33. The van der Waals surface area contributed by atoms with Gasteiger partial charge in [-0.05, 0) is 0 Å². The van der Waals surface area contributed by atoms with Gasteiger partial charge in [0.2, 0.25) is 0 Å². The number of anilines is 1. The van der Waals surface area contributed by atoms with Crippen LogP contribution in [-0.4, -0.2) is 77.3 Å². The fourth-order valence-electron chi connectivity index (χ4n) is 5.52. The van der Waals surface area contributed by atoms with Crippen molar-refractivity contribution in [3.63, 3.8) is 0 Å². The van der Waals surface area contributed by atoms with Gasteiger partial charge in [0, 0.05) is 0 Å². The summed E-state index contributed by atoms with van der Waals surface area (Å²) in [6.45, 7) is 7.98. The number of nitrogens with zero attached hydrogens (tertiary/aromatic N) is 3. The average Bonchev–Trinajstić information content (AvgIpc) is 3.30. The van der Waals surface area contributed by atoms with Crippen LogP contribution in [-0.2, 0) is 35.5 Å². The van der Waals surface area contributed by atoms with E-state index in [9.17, 15) is 9.59 Å². The van der Waals surface area contributed by atoms with Gasteiger partial charge in [-0.2, -0.15) is 0 Å². The molecule has 2 amide bonds. The Kier molecular flexibility index (Phi) is 7.33. The molecule has 3 heterocycles. The molecular formula is C29H32CdN4O3. The van der Waals surface area contributed by atoms with Crippen molar-refractivity contribution in [3.05, 3.63) is 65.2 Å². The Morgan fingerprint density at radius 3 is 2.46 bits per heavy atom. The number of rotatable bonds is 5. The Balaban J connectivity index is 1.36. The number of amides is 2. The molecule has 5 rings (SSSR count). The summed E-state index contributed by atoms with van der Waals surface area (Å²) < 4.78 is 6.76. The summed E-state index contributed by atoms with van der Waals surface area (Å²) in [6.07, 6.45) is 4.22. The number of hydrogen-bond acceptors (Lipinski definition) is 5. The van der Waals surface area contributed by atoms with Gasteiger partial charge in [0.25, 0.3) is 0 Å². The van der Waals surface area contributed by atoms with Crippen molar-refractivity contribution in [2.75, 3.05) is 51.7 Å². The summed E-state index contributed by atoms with van der Waals surface area (Å²) in [5.41, 5.74) is 4.56. The second-order valence-electron chi connectivity index (χ2n) is 10.3. The minimum absolute atomic E-state index is 0.0258. The number of ether oxygens (including phenoxy) is 1. The summed E-state index contributed by atoms with van der Waals surface area (Å²) in [6, 6.07) is 13.5. The second kappa shape index (κ2) is 10.5. The molecule has 1 saturated heterocycles. The van der Waals surface area contributed by atoms with E-state index in [1.807, 2.05) is 52.4 Å². The number of methoxy groups -OCH3 is 1. The predicted octanol–water partition coefficient (Wildman–Crippen LogP) is 3.19. The Morgan fingerprint density at radius 2 is 1.78 bits per heavy atom. The molecular weight excluding hydrogens is 565 g/mol. The topological polar surface area (TPSA) is 74.2 Å². The first-order chi connectivity index (χ1) is 17.8. The van der Waals surface area contributed by atoms with E-state index < -0.39 is 5.41 Å². The van der Waals surface area contributed by atoms with Crippen molar-refractivity contribution >= 4 is 32.3 Å². The standard InChI is InChI=1S/C29H32N4O3.Cd/c1-20-15-22(18-30-17-20)23-9-10-24(36-3)26-27(23)31-19-29(26,2)16-25(34)32-11-13-33(14-12-32)28(35)21-7-5-4-6-8-21;/h4-10,15,18,20,31H,11-14,17,19H2,1-3H3;. The SMILES string of the molecule is COc1ccc(C2=CC(C)CN=C2)c2c1C(C)([C](=[Cd])C(=O)N1CCN(C(=O)c3ccccc3)CC1)CN2. The van der Waals surface area contributed by atoms with Crippen LogP contribution in [0.2, 0.25) is 0 Å². The van der Waals surface area contributed by atoms with Crippen LogP contribution in [0.15, 0.2) is 53.5 Å². The molecule has 3 aliphatic rings. The van der Waals surface area contributed by atoms with Crippen molar-refractivity contribution < 1.29 is 39.6 Å². The molecule has 3 aliphatic heterocycles. The second-order valence-corrected chi connectivity index (χ2v) is 12.3. The van der Waals surface area contributed by atoms with Crippen molar-refractivity contribution in [2.24, 2.45) is 10.9 Å². The Labute approximate surface area is 233 Å². The molecule has 0 spiro atoms. The molecule has 0 saturated carbocycles. The molecule has 0 radical (unpaired) electrons. The third kappa shape index (κ3) is 4.78. The number of hydrogen-bond donors (Lipinski definition) is 1. The van der Waals surface area contributed by atoms with E-state index in [2.05, 4.69) is 36.3 Å². The van der Waals surface area contributed by atoms with Crippen molar-refractivity contribution in [3.8, 4) is 5.75 Å². The van der Waals surface area contributed by atoms with Crippen LogP contribution in [0, 0.1) is 5.92 Å². The van der Waals surface area contributed by atoms with Gasteiger partial charge >= 0.3 is 235 Å². The molecule has 2 unspecified atom stereocenters. The Bertz CT molecular complexity index is 1300. The number of carbonyl (C=O) groups is 2. The van der Waals surface area contributed by atoms with Crippen LogP contribution in [0.3, 0.4) is 0 Å². The van der Waals surface area contributed by atoms with Crippen molar-refractivity contribution in [2.45, 2.75) is 19.3 Å². The maximum atomic E-state index is 13.8. The van der Waals surface area contributed by atoms with Crippen LogP contribution in [0.25, 0.3) is 5.57 Å². The van der Waals surface area contributed by atoms with Gasteiger partial charge in [-0.3, -0.25) is 0 Å². The van der Waals surface area contributed by atoms with Gasteiger partial charge in [-0.25, -0.2) is 0 Å². The van der Waals surface area contributed by atoms with Gasteiger partial charge < -0.3 is 0 Å². The molecule has 2 aromatic rings. The van der Waals surface area contributed by atoms with Gasteiger partial charge in [0.15, 0.2) is 0 Å². The van der Waals surface area contributed by atoms with E-state index >= 15 is 0 Å². The fraction of sp³-hybridized carbons (Fsp3) is 0.379. The summed E-state index contributed by atoms with van der Waals surface area (Å²) in [5, 5.41) is 3.63. The molecule has 0 aliphatic carbocycles. The van der Waals surface area contributed by atoms with E-state index in [-0.39, 0.29) is 11.8 Å². The molecule has 1 fully saturated rings. The molecule has 0 bridgehead atoms. The van der Waals surface area contributed by atoms with Crippen LogP contribution in [0.5, 0.6) is 5.75 Å². The molecule has 2 atom stereocenters. The van der Waals surface area contributed by atoms with Crippen LogP contribution in [0.4, 0.5) is 5.69 Å². The third-order valence-corrected chi connectivity index (χ3v) is 10.8. The van der Waals surface area contributed by atoms with E-state index in [4.69, 9.17) is 4.74 Å². The minimum atomic E-state index is -0.449. The van der Waals surface area contributed by atoms with E-state index in [1.165, 1.54) is 0 Å². The van der Waals surface area contributed by atoms with Gasteiger partial charge in [-0.15, -0.1) is 0 Å². The fourth-order valence-corrected chi connectivity index (χ4v) is 7.02. The van der Waals surface area contributed by atoms with E-state index in [1.54, 1.807) is 7.11 Å². The normalized spacial score (nSPS) is 22.7. The van der Waals surface area contributed by atoms with Gasteiger partial charge in [0.05, 0.1) is 0 Å². The van der Waals surface area contributed by atoms with Crippen molar-refractivity contribution in [1.82, 2.24) is 9.80 Å². The Morgan fingerprint density at radius 1 is 1.08 bits per heavy atom. The number of aliphatic imine (C=N–C) groups is 1. The number of benzene rings is 2. The average molecular weight is 597 g/mol. The molecule has 188 valence electrons. The molecule has 8 heteroatoms. The van der Waals surface area contributed by atoms with Crippen LogP contribution >= 0.6 is 0 Å². The van der Waals surface area contributed by atoms with E-state index in [0.717, 1.165) is 37.7 Å². The van der Waals surface area contributed by atoms with Gasteiger partial charge in [-0.1, -0.05) is 0 Å². The molecule has 2 aromatic carbocycles. The van der Waals surface area contributed by atoms with E-state index in [0.29, 0.717) is 69.5 Å².